The molecule has 0 aliphatic carbocycles. The number of hydrogen-bond donors (Lipinski definition) is 0. The van der Waals surface area contributed by atoms with Gasteiger partial charge in [0.05, 0.1) is 5.69 Å². The molecular formula is C14H19NO. The smallest absolute Gasteiger partial charge is 0.141 e. The number of benzene rings is 1. The Balaban J connectivity index is 0.000000606. The van der Waals surface area contributed by atoms with Crippen molar-refractivity contribution in [3.05, 3.63) is 41.3 Å². The molecule has 2 heteroatoms. The van der Waals surface area contributed by atoms with E-state index >= 15 is 0 Å². The first-order chi connectivity index (χ1) is 7.68. The van der Waals surface area contributed by atoms with Gasteiger partial charge in [0.2, 0.25) is 0 Å². The minimum absolute atomic E-state index is 0.881. The molecule has 0 bridgehead atoms. The summed E-state index contributed by atoms with van der Waals surface area (Å²) in [5, 5.41) is 3.94. The van der Waals surface area contributed by atoms with Gasteiger partial charge in [-0.2, -0.15) is 0 Å². The molecule has 0 spiro atoms. The SMILES string of the molecule is CC.Cc1ccc(-c2c(C)noc2C)cc1. The predicted octanol–water partition coefficient (Wildman–Crippen LogP) is 4.29. The highest BCUT2D eigenvalue weighted by molar-refractivity contribution is 5.67. The fourth-order valence-corrected chi connectivity index (χ4v) is 1.62. The zero-order valence-corrected chi connectivity index (χ0v) is 10.7. The molecule has 1 aromatic heterocycles. The van der Waals surface area contributed by atoms with Crippen LogP contribution in [0.2, 0.25) is 0 Å². The zero-order chi connectivity index (χ0) is 12.1. The number of aromatic nitrogens is 1. The summed E-state index contributed by atoms with van der Waals surface area (Å²) in [5.74, 6) is 0.881. The van der Waals surface area contributed by atoms with E-state index in [0.717, 1.165) is 17.0 Å². The van der Waals surface area contributed by atoms with Crippen LogP contribution in [0.4, 0.5) is 0 Å². The summed E-state index contributed by atoms with van der Waals surface area (Å²) in [7, 11) is 0. The quantitative estimate of drug-likeness (QED) is 0.712. The van der Waals surface area contributed by atoms with E-state index in [-0.39, 0.29) is 0 Å². The number of hydrogen-bond acceptors (Lipinski definition) is 2. The third kappa shape index (κ3) is 2.51. The first-order valence-corrected chi connectivity index (χ1v) is 5.68. The Morgan fingerprint density at radius 3 is 1.94 bits per heavy atom. The van der Waals surface area contributed by atoms with Crippen LogP contribution < -0.4 is 0 Å². The van der Waals surface area contributed by atoms with E-state index in [1.165, 1.54) is 11.1 Å². The van der Waals surface area contributed by atoms with Crippen LogP contribution in [0.15, 0.2) is 28.8 Å². The zero-order valence-electron chi connectivity index (χ0n) is 10.7. The third-order valence-electron chi connectivity index (χ3n) is 2.37. The average Bonchev–Trinajstić information content (AvgIpc) is 2.63. The van der Waals surface area contributed by atoms with Crippen LogP contribution in [-0.2, 0) is 0 Å². The molecule has 0 aliphatic heterocycles. The summed E-state index contributed by atoms with van der Waals surface area (Å²) >= 11 is 0. The van der Waals surface area contributed by atoms with E-state index in [0.29, 0.717) is 0 Å². The fourth-order valence-electron chi connectivity index (χ4n) is 1.62. The van der Waals surface area contributed by atoms with Gasteiger partial charge in [0.15, 0.2) is 0 Å². The maximum Gasteiger partial charge on any atom is 0.141 e. The highest BCUT2D eigenvalue weighted by Crippen LogP contribution is 2.26. The van der Waals surface area contributed by atoms with Gasteiger partial charge < -0.3 is 4.52 Å². The van der Waals surface area contributed by atoms with Gasteiger partial charge in [0.1, 0.15) is 5.76 Å². The molecule has 0 fully saturated rings. The van der Waals surface area contributed by atoms with Gasteiger partial charge in [-0.15, -0.1) is 0 Å². The molecular weight excluding hydrogens is 198 g/mol. The van der Waals surface area contributed by atoms with Gasteiger partial charge >= 0.3 is 0 Å². The van der Waals surface area contributed by atoms with Crippen molar-refractivity contribution in [1.29, 1.82) is 0 Å². The lowest BCUT2D eigenvalue weighted by Gasteiger charge is -2.00. The van der Waals surface area contributed by atoms with Gasteiger partial charge in [0.25, 0.3) is 0 Å². The molecule has 0 radical (unpaired) electrons. The Labute approximate surface area is 97.3 Å². The van der Waals surface area contributed by atoms with E-state index in [4.69, 9.17) is 4.52 Å². The van der Waals surface area contributed by atoms with Crippen LogP contribution in [0.1, 0.15) is 30.9 Å². The van der Waals surface area contributed by atoms with Gasteiger partial charge in [-0.05, 0) is 26.3 Å². The summed E-state index contributed by atoms with van der Waals surface area (Å²) in [6.45, 7) is 9.98. The number of nitrogens with zero attached hydrogens (tertiary/aromatic N) is 1. The second kappa shape index (κ2) is 5.50. The molecule has 0 unspecified atom stereocenters. The number of aryl methyl sites for hydroxylation is 3. The lowest BCUT2D eigenvalue weighted by atomic mass is 10.0. The van der Waals surface area contributed by atoms with Crippen LogP contribution in [-0.4, -0.2) is 5.16 Å². The third-order valence-corrected chi connectivity index (χ3v) is 2.37. The normalized spacial score (nSPS) is 9.56. The number of rotatable bonds is 1. The van der Waals surface area contributed by atoms with Crippen LogP contribution in [0, 0.1) is 20.8 Å². The Morgan fingerprint density at radius 2 is 1.50 bits per heavy atom. The second-order valence-electron chi connectivity index (χ2n) is 3.57. The van der Waals surface area contributed by atoms with E-state index < -0.39 is 0 Å². The van der Waals surface area contributed by atoms with E-state index in [1.807, 2.05) is 27.7 Å². The summed E-state index contributed by atoms with van der Waals surface area (Å²) < 4.78 is 5.13. The lowest BCUT2D eigenvalue weighted by Crippen LogP contribution is -1.81. The van der Waals surface area contributed by atoms with E-state index in [2.05, 4.69) is 36.3 Å². The fraction of sp³-hybridized carbons (Fsp3) is 0.357. The molecule has 86 valence electrons. The minimum Gasteiger partial charge on any atom is -0.361 e. The highest BCUT2D eigenvalue weighted by atomic mass is 16.5. The Hall–Kier alpha value is -1.57. The standard InChI is InChI=1S/C12H13NO.C2H6/c1-8-4-6-11(7-5-8)12-9(2)13-14-10(12)3;1-2/h4-7H,1-3H3;1-2H3. The average molecular weight is 217 g/mol. The molecule has 0 saturated heterocycles. The molecule has 16 heavy (non-hydrogen) atoms. The minimum atomic E-state index is 0.881. The van der Waals surface area contributed by atoms with Crippen molar-refractivity contribution in [2.24, 2.45) is 0 Å². The van der Waals surface area contributed by atoms with Crippen molar-refractivity contribution in [1.82, 2.24) is 5.16 Å². The lowest BCUT2D eigenvalue weighted by molar-refractivity contribution is 0.393. The molecule has 0 atom stereocenters. The summed E-state index contributed by atoms with van der Waals surface area (Å²) in [6, 6.07) is 8.40. The van der Waals surface area contributed by atoms with Crippen LogP contribution in [0.5, 0.6) is 0 Å². The maximum absolute atomic E-state index is 5.13. The van der Waals surface area contributed by atoms with E-state index in [1.54, 1.807) is 0 Å². The Bertz CT molecular complexity index is 421. The highest BCUT2D eigenvalue weighted by Gasteiger charge is 2.10. The van der Waals surface area contributed by atoms with Crippen molar-refractivity contribution in [3.63, 3.8) is 0 Å². The van der Waals surface area contributed by atoms with Gasteiger partial charge in [-0.3, -0.25) is 0 Å². The first kappa shape index (κ1) is 12.5. The molecule has 2 aromatic rings. The van der Waals surface area contributed by atoms with Gasteiger partial charge in [0, 0.05) is 5.56 Å². The van der Waals surface area contributed by atoms with Crippen molar-refractivity contribution >= 4 is 0 Å². The predicted molar refractivity (Wildman–Crippen MR) is 67.5 cm³/mol. The summed E-state index contributed by atoms with van der Waals surface area (Å²) in [6.07, 6.45) is 0. The monoisotopic (exact) mass is 217 g/mol. The molecule has 0 amide bonds. The van der Waals surface area contributed by atoms with Crippen molar-refractivity contribution in [3.8, 4) is 11.1 Å². The molecule has 2 rings (SSSR count). The van der Waals surface area contributed by atoms with Crippen LogP contribution >= 0.6 is 0 Å². The van der Waals surface area contributed by atoms with Gasteiger partial charge in [-0.25, -0.2) is 0 Å². The first-order valence-electron chi connectivity index (χ1n) is 5.68. The molecule has 0 aliphatic rings. The molecule has 1 aromatic carbocycles. The topological polar surface area (TPSA) is 26.0 Å². The molecule has 1 heterocycles. The van der Waals surface area contributed by atoms with E-state index in [9.17, 15) is 0 Å². The van der Waals surface area contributed by atoms with Crippen LogP contribution in [0.3, 0.4) is 0 Å². The van der Waals surface area contributed by atoms with Crippen molar-refractivity contribution in [2.75, 3.05) is 0 Å². The largest absolute Gasteiger partial charge is 0.361 e. The second-order valence-corrected chi connectivity index (χ2v) is 3.57. The summed E-state index contributed by atoms with van der Waals surface area (Å²) in [5.41, 5.74) is 4.50. The van der Waals surface area contributed by atoms with Crippen LogP contribution in [0.25, 0.3) is 11.1 Å². The van der Waals surface area contributed by atoms with Crippen molar-refractivity contribution < 1.29 is 4.52 Å². The molecule has 0 N–H and O–H groups in total. The molecule has 2 nitrogen and oxygen atoms in total. The van der Waals surface area contributed by atoms with Gasteiger partial charge in [-0.1, -0.05) is 48.8 Å². The maximum atomic E-state index is 5.13. The van der Waals surface area contributed by atoms with Crippen molar-refractivity contribution in [2.45, 2.75) is 34.6 Å². The summed E-state index contributed by atoms with van der Waals surface area (Å²) in [4.78, 5) is 0. The molecule has 0 saturated carbocycles. The Morgan fingerprint density at radius 1 is 0.938 bits per heavy atom. The Kier molecular flexibility index (Phi) is 4.29.